The van der Waals surface area contributed by atoms with Crippen LogP contribution in [0.25, 0.3) is 0 Å². The van der Waals surface area contributed by atoms with Crippen molar-refractivity contribution in [2.24, 2.45) is 23.7 Å². The molecule has 2 bridgehead atoms. The van der Waals surface area contributed by atoms with Gasteiger partial charge in [-0.3, -0.25) is 9.00 Å². The molecule has 2 nitrogen and oxygen atoms in total. The Balaban J connectivity index is 1.92. The van der Waals surface area contributed by atoms with Crippen molar-refractivity contribution in [3.05, 3.63) is 42.0 Å². The maximum Gasteiger partial charge on any atom is 0.140 e. The van der Waals surface area contributed by atoms with Crippen molar-refractivity contribution in [2.45, 2.75) is 37.3 Å². The lowest BCUT2D eigenvalue weighted by atomic mass is 9.84. The van der Waals surface area contributed by atoms with E-state index in [4.69, 9.17) is 0 Å². The Kier molecular flexibility index (Phi) is 3.87. The molecular weight excluding hydrogens is 280 g/mol. The fourth-order valence-electron chi connectivity index (χ4n) is 3.66. The van der Waals surface area contributed by atoms with Gasteiger partial charge in [0.25, 0.3) is 0 Å². The van der Waals surface area contributed by atoms with E-state index in [1.54, 1.807) is 0 Å². The Morgan fingerprint density at radius 1 is 1.14 bits per heavy atom. The van der Waals surface area contributed by atoms with E-state index in [9.17, 15) is 9.00 Å². The zero-order valence-corrected chi connectivity index (χ0v) is 13.6. The molecule has 0 spiro atoms. The second-order valence-corrected chi connectivity index (χ2v) is 8.22. The summed E-state index contributed by atoms with van der Waals surface area (Å²) < 4.78 is 13.0. The van der Waals surface area contributed by atoms with E-state index in [2.05, 4.69) is 12.2 Å². The monoisotopic (exact) mass is 302 g/mol. The first-order valence-corrected chi connectivity index (χ1v) is 8.89. The maximum absolute atomic E-state index is 13.0. The van der Waals surface area contributed by atoms with Gasteiger partial charge in [-0.1, -0.05) is 43.7 Å². The Bertz CT molecular complexity index is 600. The third-order valence-electron chi connectivity index (χ3n) is 4.79. The van der Waals surface area contributed by atoms with Gasteiger partial charge in [-0.2, -0.15) is 0 Å². The van der Waals surface area contributed by atoms with Crippen molar-refractivity contribution >= 4 is 16.6 Å². The highest BCUT2D eigenvalue weighted by Gasteiger charge is 2.51. The van der Waals surface area contributed by atoms with Crippen LogP contribution in [0.15, 0.2) is 41.3 Å². The van der Waals surface area contributed by atoms with E-state index in [0.29, 0.717) is 11.8 Å². The fraction of sp³-hybridized carbons (Fsp3) is 0.500. The number of hydrogen-bond donors (Lipinski definition) is 0. The van der Waals surface area contributed by atoms with Gasteiger partial charge in [-0.25, -0.2) is 0 Å². The Morgan fingerprint density at radius 3 is 2.38 bits per heavy atom. The van der Waals surface area contributed by atoms with Gasteiger partial charge in [-0.05, 0) is 37.3 Å². The number of hydrogen-bond acceptors (Lipinski definition) is 2. The first kappa shape index (κ1) is 14.7. The van der Waals surface area contributed by atoms with Crippen LogP contribution in [0.3, 0.4) is 0 Å². The van der Waals surface area contributed by atoms with Crippen molar-refractivity contribution in [1.29, 1.82) is 0 Å². The summed E-state index contributed by atoms with van der Waals surface area (Å²) in [6, 6.07) is 7.88. The Hall–Kier alpha value is -1.22. The number of aryl methyl sites for hydroxylation is 1. The first-order valence-electron chi connectivity index (χ1n) is 7.68. The van der Waals surface area contributed by atoms with Crippen LogP contribution in [-0.2, 0) is 15.6 Å². The van der Waals surface area contributed by atoms with Gasteiger partial charge in [0.1, 0.15) is 5.78 Å². The van der Waals surface area contributed by atoms with Gasteiger partial charge in [-0.15, -0.1) is 0 Å². The van der Waals surface area contributed by atoms with E-state index in [-0.39, 0.29) is 22.9 Å². The maximum atomic E-state index is 13.0. The molecule has 0 N–H and O–H groups in total. The summed E-state index contributed by atoms with van der Waals surface area (Å²) in [5.74, 6) is 0.814. The van der Waals surface area contributed by atoms with Crippen molar-refractivity contribution in [2.75, 3.05) is 0 Å². The van der Waals surface area contributed by atoms with Crippen LogP contribution in [0.4, 0.5) is 0 Å². The number of allylic oxidation sites excluding steroid dienone is 2. The molecule has 1 saturated carbocycles. The van der Waals surface area contributed by atoms with E-state index >= 15 is 0 Å². The van der Waals surface area contributed by atoms with E-state index in [1.165, 1.54) is 5.56 Å². The standard InChI is InChI=1S/C18H22O2S/c1-11(2)17(19)16-13-6-7-14(10-13)18(16)21(20)15-8-4-12(3)5-9-15/h4-9,11,13-14,16,18H,10H2,1-3H3/t13-,14+,16-,18+,21+/m1/s1. The molecule has 2 aliphatic rings. The van der Waals surface area contributed by atoms with Crippen LogP contribution in [0.5, 0.6) is 0 Å². The lowest BCUT2D eigenvalue weighted by Gasteiger charge is -2.27. The van der Waals surface area contributed by atoms with E-state index in [0.717, 1.165) is 11.3 Å². The van der Waals surface area contributed by atoms with Crippen molar-refractivity contribution < 1.29 is 9.00 Å². The molecular formula is C18H22O2S. The second kappa shape index (κ2) is 5.53. The molecule has 1 aromatic rings. The molecule has 0 amide bonds. The molecule has 0 aliphatic heterocycles. The highest BCUT2D eigenvalue weighted by molar-refractivity contribution is 7.85. The third kappa shape index (κ3) is 2.52. The summed E-state index contributed by atoms with van der Waals surface area (Å²) in [5, 5.41) is -0.0439. The molecule has 112 valence electrons. The molecule has 2 aliphatic carbocycles. The summed E-state index contributed by atoms with van der Waals surface area (Å²) in [7, 11) is -1.11. The average molecular weight is 302 g/mol. The van der Waals surface area contributed by atoms with Gasteiger partial charge in [0.05, 0.1) is 16.0 Å². The summed E-state index contributed by atoms with van der Waals surface area (Å²) in [4.78, 5) is 13.4. The number of rotatable bonds is 4. The number of fused-ring (bicyclic) bond motifs is 2. The minimum absolute atomic E-state index is 0.0141. The summed E-state index contributed by atoms with van der Waals surface area (Å²) in [6.07, 6.45) is 5.33. The first-order chi connectivity index (χ1) is 9.99. The lowest BCUT2D eigenvalue weighted by molar-refractivity contribution is -0.126. The van der Waals surface area contributed by atoms with E-state index < -0.39 is 10.8 Å². The van der Waals surface area contributed by atoms with Crippen molar-refractivity contribution in [3.8, 4) is 0 Å². The molecule has 0 saturated heterocycles. The van der Waals surface area contributed by atoms with Crippen LogP contribution in [0, 0.1) is 30.6 Å². The summed E-state index contributed by atoms with van der Waals surface area (Å²) in [5.41, 5.74) is 1.17. The predicted molar refractivity (Wildman–Crippen MR) is 85.4 cm³/mol. The van der Waals surface area contributed by atoms with E-state index in [1.807, 2.05) is 45.0 Å². The molecule has 0 unspecified atom stereocenters. The fourth-order valence-corrected chi connectivity index (χ4v) is 5.50. The normalized spacial score (nSPS) is 31.8. The van der Waals surface area contributed by atoms with Gasteiger partial charge >= 0.3 is 0 Å². The van der Waals surface area contributed by atoms with Gasteiger partial charge < -0.3 is 0 Å². The number of Topliss-reactive ketones (excluding diaryl/α,β-unsaturated/α-hetero) is 1. The molecule has 0 aromatic heterocycles. The quantitative estimate of drug-likeness (QED) is 0.798. The average Bonchev–Trinajstić information content (AvgIpc) is 3.07. The van der Waals surface area contributed by atoms with Crippen LogP contribution in [0.2, 0.25) is 0 Å². The predicted octanol–water partition coefficient (Wildman–Crippen LogP) is 3.52. The van der Waals surface area contributed by atoms with Gasteiger partial charge in [0, 0.05) is 16.7 Å². The zero-order chi connectivity index (χ0) is 15.1. The summed E-state index contributed by atoms with van der Waals surface area (Å²) in [6.45, 7) is 5.92. The van der Waals surface area contributed by atoms with Crippen molar-refractivity contribution in [3.63, 3.8) is 0 Å². The van der Waals surface area contributed by atoms with Gasteiger partial charge in [0.15, 0.2) is 0 Å². The van der Waals surface area contributed by atoms with Crippen LogP contribution in [0.1, 0.15) is 25.8 Å². The largest absolute Gasteiger partial charge is 0.299 e. The molecule has 3 rings (SSSR count). The SMILES string of the molecule is Cc1ccc([S@](=O)[C@@H]2[C@@H](C(=O)C(C)C)[C@@H]3C=C[C@H]2C3)cc1. The molecule has 3 heteroatoms. The molecule has 0 heterocycles. The Labute approximate surface area is 129 Å². The number of ketones is 1. The molecule has 21 heavy (non-hydrogen) atoms. The topological polar surface area (TPSA) is 34.1 Å². The minimum atomic E-state index is -1.11. The van der Waals surface area contributed by atoms with Crippen LogP contribution in [-0.4, -0.2) is 15.2 Å². The number of carbonyl (C=O) groups is 1. The highest BCUT2D eigenvalue weighted by Crippen LogP contribution is 2.48. The molecule has 1 aromatic carbocycles. The molecule has 0 radical (unpaired) electrons. The Morgan fingerprint density at radius 2 is 1.76 bits per heavy atom. The highest BCUT2D eigenvalue weighted by atomic mass is 32.2. The molecule has 5 atom stereocenters. The third-order valence-corrected chi connectivity index (χ3v) is 6.66. The zero-order valence-electron chi connectivity index (χ0n) is 12.8. The second-order valence-electron chi connectivity index (χ2n) is 6.61. The smallest absolute Gasteiger partial charge is 0.140 e. The molecule has 1 fully saturated rings. The minimum Gasteiger partial charge on any atom is -0.299 e. The number of carbonyl (C=O) groups excluding carboxylic acids is 1. The van der Waals surface area contributed by atoms with Crippen molar-refractivity contribution in [1.82, 2.24) is 0 Å². The van der Waals surface area contributed by atoms with Crippen LogP contribution >= 0.6 is 0 Å². The lowest BCUT2D eigenvalue weighted by Crippen LogP contribution is -2.37. The van der Waals surface area contributed by atoms with Crippen LogP contribution < -0.4 is 0 Å². The number of benzene rings is 1. The summed E-state index contributed by atoms with van der Waals surface area (Å²) >= 11 is 0. The van der Waals surface area contributed by atoms with Gasteiger partial charge in [0.2, 0.25) is 0 Å².